The maximum atomic E-state index is 11.7. The van der Waals surface area contributed by atoms with Crippen molar-refractivity contribution >= 4 is 10.3 Å². The summed E-state index contributed by atoms with van der Waals surface area (Å²) in [6.07, 6.45) is 0.531. The Morgan fingerprint density at radius 1 is 1.38 bits per heavy atom. The van der Waals surface area contributed by atoms with Crippen molar-refractivity contribution in [1.82, 2.24) is 4.31 Å². The standard InChI is InChI=1S/C11H15NO3S/c1-10-7-8-12(16(13,14)15-10)9-11-5-3-2-4-6-11/h2-6,10H,7-9H2,1H3/t10-/m1/s1. The molecule has 1 saturated heterocycles. The van der Waals surface area contributed by atoms with Crippen LogP contribution in [0.25, 0.3) is 0 Å². The Morgan fingerprint density at radius 2 is 2.06 bits per heavy atom. The van der Waals surface area contributed by atoms with E-state index in [-0.39, 0.29) is 6.10 Å². The molecule has 88 valence electrons. The minimum Gasteiger partial charge on any atom is -0.255 e. The Labute approximate surface area is 96.1 Å². The number of hydrogen-bond acceptors (Lipinski definition) is 3. The Kier molecular flexibility index (Phi) is 3.28. The van der Waals surface area contributed by atoms with E-state index in [0.29, 0.717) is 13.1 Å². The monoisotopic (exact) mass is 241 g/mol. The molecule has 4 nitrogen and oxygen atoms in total. The van der Waals surface area contributed by atoms with E-state index >= 15 is 0 Å². The molecule has 1 heterocycles. The Morgan fingerprint density at radius 3 is 2.69 bits per heavy atom. The zero-order valence-electron chi connectivity index (χ0n) is 9.17. The SMILES string of the molecule is C[C@@H]1CCN(Cc2ccccc2)S(=O)(=O)O1. The topological polar surface area (TPSA) is 46.6 Å². The highest BCUT2D eigenvalue weighted by Crippen LogP contribution is 2.19. The fourth-order valence-electron chi connectivity index (χ4n) is 1.70. The highest BCUT2D eigenvalue weighted by atomic mass is 32.2. The first kappa shape index (κ1) is 11.6. The predicted octanol–water partition coefficient (Wildman–Crippen LogP) is 1.54. The van der Waals surface area contributed by atoms with Gasteiger partial charge in [-0.15, -0.1) is 0 Å². The number of rotatable bonds is 2. The van der Waals surface area contributed by atoms with Crippen LogP contribution in [0.4, 0.5) is 0 Å². The summed E-state index contributed by atoms with van der Waals surface area (Å²) in [7, 11) is -3.54. The van der Waals surface area contributed by atoms with Gasteiger partial charge in [-0.2, -0.15) is 12.7 Å². The summed E-state index contributed by atoms with van der Waals surface area (Å²) in [6, 6.07) is 9.53. The smallest absolute Gasteiger partial charge is 0.255 e. The van der Waals surface area contributed by atoms with Crippen molar-refractivity contribution in [3.05, 3.63) is 35.9 Å². The van der Waals surface area contributed by atoms with Crippen molar-refractivity contribution in [2.75, 3.05) is 6.54 Å². The van der Waals surface area contributed by atoms with E-state index in [1.807, 2.05) is 30.3 Å². The van der Waals surface area contributed by atoms with E-state index in [9.17, 15) is 8.42 Å². The molecule has 1 aromatic rings. The molecule has 0 bridgehead atoms. The van der Waals surface area contributed by atoms with Gasteiger partial charge in [0.1, 0.15) is 0 Å². The van der Waals surface area contributed by atoms with Crippen LogP contribution >= 0.6 is 0 Å². The third-order valence-electron chi connectivity index (χ3n) is 2.59. The fraction of sp³-hybridized carbons (Fsp3) is 0.455. The molecule has 0 amide bonds. The molecule has 0 aromatic heterocycles. The molecule has 5 heteroatoms. The average molecular weight is 241 g/mol. The lowest BCUT2D eigenvalue weighted by Gasteiger charge is -2.29. The molecule has 1 aliphatic heterocycles. The van der Waals surface area contributed by atoms with Crippen molar-refractivity contribution in [1.29, 1.82) is 0 Å². The molecule has 0 unspecified atom stereocenters. The lowest BCUT2D eigenvalue weighted by atomic mass is 10.2. The van der Waals surface area contributed by atoms with Crippen LogP contribution in [-0.4, -0.2) is 25.4 Å². The van der Waals surface area contributed by atoms with E-state index in [1.54, 1.807) is 6.92 Å². The Bertz CT molecular complexity index is 444. The van der Waals surface area contributed by atoms with Gasteiger partial charge in [0.15, 0.2) is 0 Å². The summed E-state index contributed by atoms with van der Waals surface area (Å²) in [5, 5.41) is 0. The number of hydrogen-bond donors (Lipinski definition) is 0. The van der Waals surface area contributed by atoms with Gasteiger partial charge in [0.25, 0.3) is 0 Å². The zero-order valence-corrected chi connectivity index (χ0v) is 9.98. The molecule has 1 aliphatic rings. The summed E-state index contributed by atoms with van der Waals surface area (Å²) in [5.74, 6) is 0. The molecule has 16 heavy (non-hydrogen) atoms. The van der Waals surface area contributed by atoms with Gasteiger partial charge in [0, 0.05) is 13.1 Å². The van der Waals surface area contributed by atoms with Gasteiger partial charge < -0.3 is 0 Å². The van der Waals surface area contributed by atoms with E-state index in [2.05, 4.69) is 0 Å². The summed E-state index contributed by atoms with van der Waals surface area (Å²) in [5.41, 5.74) is 0.976. The Balaban J connectivity index is 2.11. The molecule has 0 spiro atoms. The highest BCUT2D eigenvalue weighted by Gasteiger charge is 2.30. The minimum absolute atomic E-state index is 0.211. The van der Waals surface area contributed by atoms with Crippen LogP contribution in [0, 0.1) is 0 Å². The predicted molar refractivity (Wildman–Crippen MR) is 60.9 cm³/mol. The summed E-state index contributed by atoms with van der Waals surface area (Å²) in [4.78, 5) is 0. The quantitative estimate of drug-likeness (QED) is 0.789. The molecule has 1 atom stereocenters. The van der Waals surface area contributed by atoms with E-state index < -0.39 is 10.3 Å². The fourth-order valence-corrected chi connectivity index (χ4v) is 2.97. The first-order chi connectivity index (χ1) is 7.58. The Hall–Kier alpha value is -0.910. The van der Waals surface area contributed by atoms with Crippen molar-refractivity contribution in [3.63, 3.8) is 0 Å². The first-order valence-corrected chi connectivity index (χ1v) is 6.67. The molecule has 0 radical (unpaired) electrons. The average Bonchev–Trinajstić information content (AvgIpc) is 2.23. The summed E-state index contributed by atoms with van der Waals surface area (Å²) < 4.78 is 29.7. The van der Waals surface area contributed by atoms with E-state index in [4.69, 9.17) is 4.18 Å². The number of benzene rings is 1. The van der Waals surface area contributed by atoms with Crippen LogP contribution < -0.4 is 0 Å². The zero-order chi connectivity index (χ0) is 11.6. The van der Waals surface area contributed by atoms with Gasteiger partial charge in [-0.05, 0) is 18.9 Å². The third kappa shape index (κ3) is 2.61. The van der Waals surface area contributed by atoms with Crippen LogP contribution in [0.5, 0.6) is 0 Å². The minimum atomic E-state index is -3.54. The molecule has 1 fully saturated rings. The highest BCUT2D eigenvalue weighted by molar-refractivity contribution is 7.84. The molecule has 0 saturated carbocycles. The van der Waals surface area contributed by atoms with Crippen LogP contribution in [0.1, 0.15) is 18.9 Å². The second-order valence-corrected chi connectivity index (χ2v) is 5.54. The summed E-state index contributed by atoms with van der Waals surface area (Å²) >= 11 is 0. The van der Waals surface area contributed by atoms with Gasteiger partial charge in [0.2, 0.25) is 0 Å². The maximum absolute atomic E-state index is 11.7. The second kappa shape index (κ2) is 4.53. The molecular weight excluding hydrogens is 226 g/mol. The van der Waals surface area contributed by atoms with Crippen LogP contribution in [-0.2, 0) is 21.0 Å². The van der Waals surface area contributed by atoms with E-state index in [0.717, 1.165) is 12.0 Å². The van der Waals surface area contributed by atoms with Crippen molar-refractivity contribution < 1.29 is 12.6 Å². The molecule has 2 rings (SSSR count). The summed E-state index contributed by atoms with van der Waals surface area (Å²) in [6.45, 7) is 2.69. The molecule has 1 aromatic carbocycles. The van der Waals surface area contributed by atoms with Gasteiger partial charge >= 0.3 is 10.3 Å². The molecule has 0 N–H and O–H groups in total. The van der Waals surface area contributed by atoms with Crippen LogP contribution in [0.2, 0.25) is 0 Å². The van der Waals surface area contributed by atoms with Gasteiger partial charge in [-0.1, -0.05) is 30.3 Å². The second-order valence-electron chi connectivity index (χ2n) is 3.97. The lowest BCUT2D eigenvalue weighted by Crippen LogP contribution is -2.41. The van der Waals surface area contributed by atoms with Gasteiger partial charge in [-0.3, -0.25) is 4.18 Å². The largest absolute Gasteiger partial charge is 0.338 e. The maximum Gasteiger partial charge on any atom is 0.338 e. The molecular formula is C11H15NO3S. The normalized spacial score (nSPS) is 25.4. The lowest BCUT2D eigenvalue weighted by molar-refractivity contribution is 0.145. The van der Waals surface area contributed by atoms with E-state index in [1.165, 1.54) is 4.31 Å². The van der Waals surface area contributed by atoms with Crippen molar-refractivity contribution in [2.45, 2.75) is 26.0 Å². The van der Waals surface area contributed by atoms with Gasteiger partial charge in [-0.25, -0.2) is 0 Å². The third-order valence-corrected chi connectivity index (χ3v) is 4.10. The van der Waals surface area contributed by atoms with Crippen LogP contribution in [0.3, 0.4) is 0 Å². The van der Waals surface area contributed by atoms with Crippen molar-refractivity contribution in [2.24, 2.45) is 0 Å². The van der Waals surface area contributed by atoms with Crippen molar-refractivity contribution in [3.8, 4) is 0 Å². The molecule has 0 aliphatic carbocycles. The van der Waals surface area contributed by atoms with Gasteiger partial charge in [0.05, 0.1) is 6.10 Å². The van der Waals surface area contributed by atoms with Crippen LogP contribution in [0.15, 0.2) is 30.3 Å². The number of nitrogens with zero attached hydrogens (tertiary/aromatic N) is 1. The first-order valence-electron chi connectivity index (χ1n) is 5.30.